The summed E-state index contributed by atoms with van der Waals surface area (Å²) in [6.45, 7) is 4.46. The van der Waals surface area contributed by atoms with Gasteiger partial charge in [0.2, 0.25) is 0 Å². The van der Waals surface area contributed by atoms with E-state index in [0.717, 1.165) is 22.5 Å². The molecule has 0 unspecified atom stereocenters. The minimum Gasteiger partial charge on any atom is -0.392 e. The molecule has 0 fully saturated rings. The highest BCUT2D eigenvalue weighted by atomic mass is 16.3. The van der Waals surface area contributed by atoms with Gasteiger partial charge in [-0.2, -0.15) is 5.10 Å². The second-order valence-electron chi connectivity index (χ2n) is 6.47. The van der Waals surface area contributed by atoms with Gasteiger partial charge < -0.3 is 10.4 Å². The highest BCUT2D eigenvalue weighted by Gasteiger charge is 2.17. The van der Waals surface area contributed by atoms with Crippen LogP contribution in [0.25, 0.3) is 5.69 Å². The molecular formula is C21H23N3O2. The average molecular weight is 349 g/mol. The van der Waals surface area contributed by atoms with Gasteiger partial charge in [0.05, 0.1) is 12.3 Å². The van der Waals surface area contributed by atoms with Crippen LogP contribution < -0.4 is 5.32 Å². The maximum atomic E-state index is 12.6. The van der Waals surface area contributed by atoms with E-state index >= 15 is 0 Å². The Labute approximate surface area is 153 Å². The van der Waals surface area contributed by atoms with E-state index < -0.39 is 0 Å². The van der Waals surface area contributed by atoms with E-state index in [9.17, 15) is 9.90 Å². The number of carbonyl (C=O) groups excluding carboxylic acids is 1. The Kier molecular flexibility index (Phi) is 5.49. The number of amides is 1. The van der Waals surface area contributed by atoms with Crippen LogP contribution in [0, 0.1) is 0 Å². The van der Waals surface area contributed by atoms with Crippen molar-refractivity contribution in [3.63, 3.8) is 0 Å². The third kappa shape index (κ3) is 3.83. The highest BCUT2D eigenvalue weighted by Crippen LogP contribution is 2.20. The Morgan fingerprint density at radius 3 is 2.38 bits per heavy atom. The van der Waals surface area contributed by atoms with E-state index in [4.69, 9.17) is 0 Å². The molecule has 0 spiro atoms. The lowest BCUT2D eigenvalue weighted by Crippen LogP contribution is -2.24. The fraction of sp³-hybridized carbons (Fsp3) is 0.238. The molecule has 1 heterocycles. The van der Waals surface area contributed by atoms with Crippen molar-refractivity contribution in [2.75, 3.05) is 0 Å². The summed E-state index contributed by atoms with van der Waals surface area (Å²) in [4.78, 5) is 12.6. The molecule has 0 aliphatic heterocycles. The highest BCUT2D eigenvalue weighted by molar-refractivity contribution is 5.92. The molecule has 2 N–H and O–H groups in total. The number of rotatable bonds is 6. The summed E-state index contributed by atoms with van der Waals surface area (Å²) >= 11 is 0. The summed E-state index contributed by atoms with van der Waals surface area (Å²) in [6.07, 6.45) is 0. The summed E-state index contributed by atoms with van der Waals surface area (Å²) in [5.41, 5.74) is 4.01. The normalized spacial score (nSPS) is 10.9. The van der Waals surface area contributed by atoms with Crippen molar-refractivity contribution in [2.45, 2.75) is 32.9 Å². The molecule has 5 heteroatoms. The fourth-order valence-corrected chi connectivity index (χ4v) is 2.84. The van der Waals surface area contributed by atoms with Crippen LogP contribution in [0.5, 0.6) is 0 Å². The molecule has 3 rings (SSSR count). The van der Waals surface area contributed by atoms with Gasteiger partial charge in [-0.3, -0.25) is 4.79 Å². The van der Waals surface area contributed by atoms with E-state index in [0.29, 0.717) is 12.2 Å². The topological polar surface area (TPSA) is 67.2 Å². The van der Waals surface area contributed by atoms with Crippen LogP contribution in [-0.2, 0) is 13.2 Å². The van der Waals surface area contributed by atoms with Gasteiger partial charge in [-0.15, -0.1) is 0 Å². The first kappa shape index (κ1) is 17.9. The van der Waals surface area contributed by atoms with Gasteiger partial charge in [-0.05, 0) is 35.2 Å². The lowest BCUT2D eigenvalue weighted by Gasteiger charge is -2.09. The molecule has 1 aromatic heterocycles. The zero-order valence-corrected chi connectivity index (χ0v) is 15.0. The molecule has 3 aromatic rings. The Bertz CT molecular complexity index is 885. The molecule has 0 aliphatic rings. The van der Waals surface area contributed by atoms with Gasteiger partial charge in [-0.1, -0.05) is 56.3 Å². The zero-order valence-electron chi connectivity index (χ0n) is 15.0. The zero-order chi connectivity index (χ0) is 18.5. The Morgan fingerprint density at radius 1 is 1.08 bits per heavy atom. The van der Waals surface area contributed by atoms with Crippen molar-refractivity contribution >= 4 is 5.91 Å². The number of para-hydroxylation sites is 1. The number of aromatic nitrogens is 2. The molecule has 5 nitrogen and oxygen atoms in total. The van der Waals surface area contributed by atoms with Crippen LogP contribution in [0.4, 0.5) is 0 Å². The lowest BCUT2D eigenvalue weighted by atomic mass is 10.1. The van der Waals surface area contributed by atoms with Crippen LogP contribution >= 0.6 is 0 Å². The van der Waals surface area contributed by atoms with Crippen LogP contribution in [0.3, 0.4) is 0 Å². The molecule has 0 aliphatic carbocycles. The fourth-order valence-electron chi connectivity index (χ4n) is 2.84. The first-order chi connectivity index (χ1) is 12.6. The van der Waals surface area contributed by atoms with Gasteiger partial charge in [0, 0.05) is 12.2 Å². The number of aliphatic hydroxyl groups is 1. The van der Waals surface area contributed by atoms with Crippen molar-refractivity contribution < 1.29 is 9.90 Å². The Morgan fingerprint density at radius 2 is 1.73 bits per heavy atom. The van der Waals surface area contributed by atoms with Crippen molar-refractivity contribution in [1.29, 1.82) is 0 Å². The van der Waals surface area contributed by atoms with Crippen molar-refractivity contribution in [3.05, 3.63) is 83.2 Å². The van der Waals surface area contributed by atoms with E-state index in [2.05, 4.69) is 24.3 Å². The SMILES string of the molecule is CC(C)c1cc(C(=O)NCc2ccccc2CO)nn1-c1ccccc1. The van der Waals surface area contributed by atoms with E-state index in [1.54, 1.807) is 0 Å². The molecule has 0 radical (unpaired) electrons. The smallest absolute Gasteiger partial charge is 0.272 e. The van der Waals surface area contributed by atoms with Gasteiger partial charge in [-0.25, -0.2) is 4.68 Å². The average Bonchev–Trinajstić information content (AvgIpc) is 3.13. The predicted molar refractivity (Wildman–Crippen MR) is 101 cm³/mol. The molecule has 1 amide bonds. The second-order valence-corrected chi connectivity index (χ2v) is 6.47. The van der Waals surface area contributed by atoms with Crippen LogP contribution in [0.15, 0.2) is 60.7 Å². The third-order valence-corrected chi connectivity index (χ3v) is 4.29. The van der Waals surface area contributed by atoms with Gasteiger partial charge in [0.1, 0.15) is 0 Å². The lowest BCUT2D eigenvalue weighted by molar-refractivity contribution is 0.0945. The molecule has 0 saturated carbocycles. The molecule has 0 saturated heterocycles. The van der Waals surface area contributed by atoms with Gasteiger partial charge in [0.25, 0.3) is 5.91 Å². The van der Waals surface area contributed by atoms with Crippen LogP contribution in [-0.4, -0.2) is 20.8 Å². The monoisotopic (exact) mass is 349 g/mol. The Hall–Kier alpha value is -2.92. The Balaban J connectivity index is 1.82. The van der Waals surface area contributed by atoms with Crippen molar-refractivity contribution in [2.24, 2.45) is 0 Å². The quantitative estimate of drug-likeness (QED) is 0.716. The largest absolute Gasteiger partial charge is 0.392 e. The summed E-state index contributed by atoms with van der Waals surface area (Å²) in [7, 11) is 0. The molecule has 2 aromatic carbocycles. The number of carbonyl (C=O) groups is 1. The summed E-state index contributed by atoms with van der Waals surface area (Å²) in [5, 5.41) is 16.8. The van der Waals surface area contributed by atoms with E-state index in [1.807, 2.05) is 65.3 Å². The third-order valence-electron chi connectivity index (χ3n) is 4.29. The number of nitrogens with one attached hydrogen (secondary N) is 1. The van der Waals surface area contributed by atoms with Crippen molar-refractivity contribution in [3.8, 4) is 5.69 Å². The molecule has 26 heavy (non-hydrogen) atoms. The molecule has 0 bridgehead atoms. The summed E-state index contributed by atoms with van der Waals surface area (Å²) in [5.74, 6) is 0.00805. The molecule has 0 atom stereocenters. The van der Waals surface area contributed by atoms with E-state index in [-0.39, 0.29) is 18.4 Å². The maximum absolute atomic E-state index is 12.6. The predicted octanol–water partition coefficient (Wildman–Crippen LogP) is 3.42. The van der Waals surface area contributed by atoms with Gasteiger partial charge >= 0.3 is 0 Å². The van der Waals surface area contributed by atoms with Crippen LogP contribution in [0.2, 0.25) is 0 Å². The molecule has 134 valence electrons. The summed E-state index contributed by atoms with van der Waals surface area (Å²) in [6, 6.07) is 19.1. The number of benzene rings is 2. The minimum atomic E-state index is -0.227. The summed E-state index contributed by atoms with van der Waals surface area (Å²) < 4.78 is 1.82. The minimum absolute atomic E-state index is 0.0494. The van der Waals surface area contributed by atoms with E-state index in [1.165, 1.54) is 0 Å². The standard InChI is InChI=1S/C21H23N3O2/c1-15(2)20-12-19(23-24(20)18-10-4-3-5-11-18)21(26)22-13-16-8-6-7-9-17(16)14-25/h3-12,15,25H,13-14H2,1-2H3,(H,22,26). The number of aliphatic hydroxyl groups excluding tert-OH is 1. The van der Waals surface area contributed by atoms with Gasteiger partial charge in [0.15, 0.2) is 5.69 Å². The number of hydrogen-bond acceptors (Lipinski definition) is 3. The number of nitrogens with zero attached hydrogens (tertiary/aromatic N) is 2. The van der Waals surface area contributed by atoms with Crippen molar-refractivity contribution in [1.82, 2.24) is 15.1 Å². The molecular weight excluding hydrogens is 326 g/mol. The first-order valence-corrected chi connectivity index (χ1v) is 8.71. The maximum Gasteiger partial charge on any atom is 0.272 e. The second kappa shape index (κ2) is 7.97. The number of hydrogen-bond donors (Lipinski definition) is 2. The van der Waals surface area contributed by atoms with Crippen LogP contribution in [0.1, 0.15) is 47.1 Å². The first-order valence-electron chi connectivity index (χ1n) is 8.71.